The van der Waals surface area contributed by atoms with E-state index in [1.54, 1.807) is 37.4 Å². The molecule has 0 atom stereocenters. The molecule has 0 fully saturated rings. The highest BCUT2D eigenvalue weighted by molar-refractivity contribution is 14.1. The predicted molar refractivity (Wildman–Crippen MR) is 178 cm³/mol. The van der Waals surface area contributed by atoms with Crippen LogP contribution in [0, 0.1) is 14.9 Å². The number of benzene rings is 5. The van der Waals surface area contributed by atoms with Crippen molar-refractivity contribution in [1.82, 2.24) is 0 Å². The predicted octanol–water partition coefficient (Wildman–Crippen LogP) is 8.81. The number of hydrogen-bond donors (Lipinski definition) is 1. The van der Waals surface area contributed by atoms with Crippen LogP contribution in [0.4, 0.5) is 5.69 Å². The van der Waals surface area contributed by atoms with Gasteiger partial charge in [0.25, 0.3) is 5.91 Å². The lowest BCUT2D eigenvalue weighted by Gasteiger charge is -2.15. The number of amides is 1. The van der Waals surface area contributed by atoms with Crippen molar-refractivity contribution in [3.63, 3.8) is 0 Å². The number of methoxy groups -OCH3 is 1. The van der Waals surface area contributed by atoms with Gasteiger partial charge in [0.05, 0.1) is 10.7 Å². The van der Waals surface area contributed by atoms with Crippen LogP contribution in [0.5, 0.6) is 17.2 Å². The Labute approximate surface area is 268 Å². The van der Waals surface area contributed by atoms with Crippen LogP contribution in [-0.2, 0) is 18.0 Å². The maximum atomic E-state index is 12.9. The molecule has 0 aromatic heterocycles. The van der Waals surface area contributed by atoms with Crippen molar-refractivity contribution in [2.45, 2.75) is 13.2 Å². The van der Waals surface area contributed by atoms with Gasteiger partial charge in [0.1, 0.15) is 30.6 Å². The number of nitriles is 1. The van der Waals surface area contributed by atoms with Gasteiger partial charge in [-0.2, -0.15) is 5.26 Å². The summed E-state index contributed by atoms with van der Waals surface area (Å²) >= 11 is 8.36. The van der Waals surface area contributed by atoms with Gasteiger partial charge in [-0.05, 0) is 93.0 Å². The van der Waals surface area contributed by atoms with Crippen molar-refractivity contribution in [1.29, 1.82) is 5.26 Å². The molecule has 0 aliphatic carbocycles. The van der Waals surface area contributed by atoms with Gasteiger partial charge in [0.2, 0.25) is 0 Å². The summed E-state index contributed by atoms with van der Waals surface area (Å²) in [6.07, 6.45) is 1.52. The largest absolute Gasteiger partial charge is 0.493 e. The van der Waals surface area contributed by atoms with Gasteiger partial charge in [-0.3, -0.25) is 4.79 Å². The number of hydrogen-bond acceptors (Lipinski definition) is 5. The Balaban J connectivity index is 1.26. The van der Waals surface area contributed by atoms with Crippen molar-refractivity contribution >= 4 is 62.6 Å². The molecule has 6 nitrogen and oxygen atoms in total. The third-order valence-electron chi connectivity index (χ3n) is 6.64. The Kier molecular flexibility index (Phi) is 9.82. The first-order valence-corrected chi connectivity index (χ1v) is 14.8. The first-order chi connectivity index (χ1) is 20.9. The first-order valence-electron chi connectivity index (χ1n) is 13.3. The highest BCUT2D eigenvalue weighted by Gasteiger charge is 2.15. The Morgan fingerprint density at radius 1 is 0.907 bits per heavy atom. The van der Waals surface area contributed by atoms with Gasteiger partial charge in [-0.1, -0.05) is 72.3 Å². The number of anilines is 1. The topological polar surface area (TPSA) is 80.6 Å². The van der Waals surface area contributed by atoms with E-state index in [1.807, 2.05) is 60.7 Å². The number of nitrogens with zero attached hydrogens (tertiary/aromatic N) is 1. The first kappa shape index (κ1) is 30.0. The molecule has 0 bridgehead atoms. The molecule has 5 aromatic carbocycles. The molecule has 5 aromatic rings. The summed E-state index contributed by atoms with van der Waals surface area (Å²) in [6.45, 7) is 0.681. The van der Waals surface area contributed by atoms with Gasteiger partial charge in [0, 0.05) is 16.3 Å². The van der Waals surface area contributed by atoms with E-state index < -0.39 is 5.91 Å². The van der Waals surface area contributed by atoms with Crippen LogP contribution in [0.1, 0.15) is 16.7 Å². The van der Waals surface area contributed by atoms with E-state index in [4.69, 9.17) is 25.8 Å². The van der Waals surface area contributed by atoms with Crippen LogP contribution in [0.3, 0.4) is 0 Å². The normalized spacial score (nSPS) is 11.1. The Hall–Kier alpha value is -4.52. The van der Waals surface area contributed by atoms with Gasteiger partial charge >= 0.3 is 0 Å². The van der Waals surface area contributed by atoms with Crippen molar-refractivity contribution in [3.8, 4) is 23.3 Å². The van der Waals surface area contributed by atoms with E-state index >= 15 is 0 Å². The molecular formula is C35H26ClIN2O4. The number of ether oxygens (including phenoxy) is 3. The molecule has 43 heavy (non-hydrogen) atoms. The SMILES string of the molecule is COc1cc(/C=C(\C#N)C(=O)Nc2ccc(OCc3ccccc3Cl)cc2)cc(I)c1OCc1cccc2ccccc12. The quantitative estimate of drug-likeness (QED) is 0.0895. The zero-order chi connectivity index (χ0) is 30.2. The van der Waals surface area contributed by atoms with Crippen molar-refractivity contribution in [2.75, 3.05) is 12.4 Å². The maximum Gasteiger partial charge on any atom is 0.266 e. The van der Waals surface area contributed by atoms with Crippen LogP contribution < -0.4 is 19.5 Å². The second-order valence-corrected chi connectivity index (χ2v) is 11.1. The fourth-order valence-electron chi connectivity index (χ4n) is 4.46. The zero-order valence-electron chi connectivity index (χ0n) is 23.1. The van der Waals surface area contributed by atoms with Crippen LogP contribution in [-0.4, -0.2) is 13.0 Å². The van der Waals surface area contributed by atoms with Crippen LogP contribution in [0.15, 0.2) is 109 Å². The van der Waals surface area contributed by atoms with Crippen molar-refractivity contribution in [3.05, 3.63) is 134 Å². The summed E-state index contributed by atoms with van der Waals surface area (Å²) in [7, 11) is 1.56. The summed E-state index contributed by atoms with van der Waals surface area (Å²) in [4.78, 5) is 12.9. The molecule has 8 heteroatoms. The average molecular weight is 701 g/mol. The lowest BCUT2D eigenvalue weighted by atomic mass is 10.1. The van der Waals surface area contributed by atoms with Crippen molar-refractivity contribution in [2.24, 2.45) is 0 Å². The highest BCUT2D eigenvalue weighted by Crippen LogP contribution is 2.36. The summed E-state index contributed by atoms with van der Waals surface area (Å²) in [5.74, 6) is 1.19. The summed E-state index contributed by atoms with van der Waals surface area (Å²) in [5.41, 5.74) is 3.04. The van der Waals surface area contributed by atoms with E-state index in [9.17, 15) is 10.1 Å². The standard InChI is InChI=1S/C35H26ClIN2O4/c1-41-33-19-23(18-32(37)34(33)43-21-25-10-6-9-24-7-2-4-11-30(24)25)17-27(20-38)35(40)39-28-13-15-29(16-14-28)42-22-26-8-3-5-12-31(26)36/h2-19H,21-22H2,1H3,(H,39,40)/b27-17+. The van der Waals surface area contributed by atoms with Gasteiger partial charge in [-0.15, -0.1) is 0 Å². The van der Waals surface area contributed by atoms with Gasteiger partial charge < -0.3 is 19.5 Å². The fraction of sp³-hybridized carbons (Fsp3) is 0.0857. The highest BCUT2D eigenvalue weighted by atomic mass is 127. The number of carbonyl (C=O) groups excluding carboxylic acids is 1. The van der Waals surface area contributed by atoms with Crippen LogP contribution >= 0.6 is 34.2 Å². The molecule has 214 valence electrons. The molecule has 1 N–H and O–H groups in total. The lowest BCUT2D eigenvalue weighted by molar-refractivity contribution is -0.112. The van der Waals surface area contributed by atoms with E-state index in [0.717, 1.165) is 25.5 Å². The Bertz CT molecular complexity index is 1840. The average Bonchev–Trinajstić information content (AvgIpc) is 3.03. The summed E-state index contributed by atoms with van der Waals surface area (Å²) < 4.78 is 18.4. The minimum Gasteiger partial charge on any atom is -0.493 e. The number of halogens is 2. The second-order valence-electron chi connectivity index (χ2n) is 9.49. The molecular weight excluding hydrogens is 675 g/mol. The van der Waals surface area contributed by atoms with E-state index in [2.05, 4.69) is 46.1 Å². The van der Waals surface area contributed by atoms with Gasteiger partial charge in [-0.25, -0.2) is 0 Å². The van der Waals surface area contributed by atoms with Crippen molar-refractivity contribution < 1.29 is 19.0 Å². The molecule has 0 heterocycles. The Morgan fingerprint density at radius 3 is 2.37 bits per heavy atom. The number of nitrogens with one attached hydrogen (secondary N) is 1. The fourth-order valence-corrected chi connectivity index (χ4v) is 5.43. The second kappa shape index (κ2) is 14.1. The molecule has 1 amide bonds. The Morgan fingerprint density at radius 2 is 1.60 bits per heavy atom. The third-order valence-corrected chi connectivity index (χ3v) is 7.81. The van der Waals surface area contributed by atoms with Gasteiger partial charge in [0.15, 0.2) is 11.5 Å². The monoisotopic (exact) mass is 700 g/mol. The molecule has 0 saturated heterocycles. The van der Waals surface area contributed by atoms with Crippen LogP contribution in [0.25, 0.3) is 16.8 Å². The van der Waals surface area contributed by atoms with E-state index in [-0.39, 0.29) is 5.57 Å². The third kappa shape index (κ3) is 7.47. The molecule has 0 saturated carbocycles. The van der Waals surface area contributed by atoms with Crippen LogP contribution in [0.2, 0.25) is 5.02 Å². The maximum absolute atomic E-state index is 12.9. The molecule has 0 unspecified atom stereocenters. The molecule has 5 rings (SSSR count). The van der Waals surface area contributed by atoms with E-state index in [1.165, 1.54) is 6.08 Å². The summed E-state index contributed by atoms with van der Waals surface area (Å²) in [6, 6.07) is 34.2. The number of rotatable bonds is 10. The minimum atomic E-state index is -0.530. The number of carbonyl (C=O) groups is 1. The summed E-state index contributed by atoms with van der Waals surface area (Å²) in [5, 5.41) is 15.4. The van der Waals surface area contributed by atoms with E-state index in [0.29, 0.717) is 46.7 Å². The minimum absolute atomic E-state index is 0.0543. The molecule has 0 aliphatic heterocycles. The smallest absolute Gasteiger partial charge is 0.266 e. The molecule has 0 radical (unpaired) electrons. The lowest BCUT2D eigenvalue weighted by Crippen LogP contribution is -2.13. The molecule has 0 spiro atoms. The molecule has 0 aliphatic rings. The number of fused-ring (bicyclic) bond motifs is 1. The zero-order valence-corrected chi connectivity index (χ0v) is 26.1.